The highest BCUT2D eigenvalue weighted by atomic mass is 19.2. The topological polar surface area (TPSA) is 117 Å². The molecule has 0 saturated heterocycles. The lowest BCUT2D eigenvalue weighted by molar-refractivity contribution is -0.140. The molecule has 4 rings (SSSR count). The number of halogens is 2. The molecule has 0 aliphatic heterocycles. The van der Waals surface area contributed by atoms with Crippen LogP contribution in [-0.4, -0.2) is 28.4 Å². The first-order valence-electron chi connectivity index (χ1n) is 10.0. The molecule has 1 aromatic heterocycles. The fourth-order valence-corrected chi connectivity index (χ4v) is 3.81. The Morgan fingerprint density at radius 3 is 2.32 bits per heavy atom. The molecule has 0 bridgehead atoms. The van der Waals surface area contributed by atoms with E-state index in [1.165, 1.54) is 6.07 Å². The maximum Gasteiger partial charge on any atom is 0.306 e. The molecule has 9 heteroatoms. The van der Waals surface area contributed by atoms with Gasteiger partial charge in [-0.1, -0.05) is 36.4 Å². The number of methoxy groups -OCH3 is 1. The number of hydrogen-bond donors (Lipinski definition) is 3. The largest absolute Gasteiger partial charge is 0.504 e. The van der Waals surface area contributed by atoms with E-state index in [0.717, 1.165) is 25.3 Å². The molecule has 1 atom stereocenters. The number of benzene rings is 3. The van der Waals surface area contributed by atoms with Crippen LogP contribution in [0.1, 0.15) is 23.5 Å². The molecule has 34 heavy (non-hydrogen) atoms. The van der Waals surface area contributed by atoms with Crippen molar-refractivity contribution >= 4 is 16.9 Å². The van der Waals surface area contributed by atoms with Gasteiger partial charge in [-0.05, 0) is 17.7 Å². The predicted octanol–water partition coefficient (Wildman–Crippen LogP) is 4.55. The van der Waals surface area contributed by atoms with Crippen molar-refractivity contribution in [2.45, 2.75) is 12.3 Å². The Morgan fingerprint density at radius 2 is 1.68 bits per heavy atom. The molecular formula is C25H18F2O7. The third-order valence-electron chi connectivity index (χ3n) is 5.48. The van der Waals surface area contributed by atoms with Gasteiger partial charge in [-0.15, -0.1) is 0 Å². The van der Waals surface area contributed by atoms with Gasteiger partial charge in [-0.2, -0.15) is 0 Å². The minimum absolute atomic E-state index is 0.0266. The minimum Gasteiger partial charge on any atom is -0.504 e. The fraction of sp³-hybridized carbons (Fsp3) is 0.120. The molecule has 7 nitrogen and oxygen atoms in total. The van der Waals surface area contributed by atoms with Crippen LogP contribution < -0.4 is 5.43 Å². The van der Waals surface area contributed by atoms with Crippen LogP contribution in [0.4, 0.5) is 8.78 Å². The SMILES string of the molecule is COC(=O)C[C@H](c1ccc(F)c(F)c1)c1c(O)c(O)c(O)c2c(=O)cc(-c3ccccc3)oc12. The second-order valence-electron chi connectivity index (χ2n) is 7.51. The molecule has 0 spiro atoms. The summed E-state index contributed by atoms with van der Waals surface area (Å²) in [6.07, 6.45) is -0.492. The number of ether oxygens (including phenoxy) is 1. The van der Waals surface area contributed by atoms with Gasteiger partial charge in [0.05, 0.1) is 13.5 Å². The van der Waals surface area contributed by atoms with Crippen LogP contribution in [0.25, 0.3) is 22.3 Å². The van der Waals surface area contributed by atoms with Crippen molar-refractivity contribution in [2.75, 3.05) is 7.11 Å². The van der Waals surface area contributed by atoms with Gasteiger partial charge < -0.3 is 24.5 Å². The summed E-state index contributed by atoms with van der Waals surface area (Å²) in [4.78, 5) is 25.1. The third-order valence-corrected chi connectivity index (χ3v) is 5.48. The van der Waals surface area contributed by atoms with Gasteiger partial charge in [0.15, 0.2) is 28.6 Å². The number of carbonyl (C=O) groups is 1. The molecule has 0 aliphatic carbocycles. The number of rotatable bonds is 5. The highest BCUT2D eigenvalue weighted by Crippen LogP contribution is 2.49. The normalized spacial score (nSPS) is 12.0. The number of phenols is 3. The Kier molecular flexibility index (Phi) is 5.93. The van der Waals surface area contributed by atoms with Crippen LogP contribution in [0.3, 0.4) is 0 Å². The van der Waals surface area contributed by atoms with E-state index in [0.29, 0.717) is 5.56 Å². The zero-order valence-electron chi connectivity index (χ0n) is 17.7. The lowest BCUT2D eigenvalue weighted by atomic mass is 9.86. The summed E-state index contributed by atoms with van der Waals surface area (Å²) in [5.74, 6) is -7.15. The monoisotopic (exact) mass is 468 g/mol. The van der Waals surface area contributed by atoms with Crippen LogP contribution in [0, 0.1) is 11.6 Å². The lowest BCUT2D eigenvalue weighted by Gasteiger charge is -2.21. The van der Waals surface area contributed by atoms with Gasteiger partial charge in [0.25, 0.3) is 0 Å². The minimum atomic E-state index is -1.24. The summed E-state index contributed by atoms with van der Waals surface area (Å²) in [7, 11) is 1.12. The third kappa shape index (κ3) is 3.92. The number of carbonyl (C=O) groups excluding carboxylic acids is 1. The molecule has 0 aliphatic rings. The molecule has 174 valence electrons. The van der Waals surface area contributed by atoms with Crippen molar-refractivity contribution in [3.63, 3.8) is 0 Å². The summed E-state index contributed by atoms with van der Waals surface area (Å²) in [6, 6.07) is 12.4. The summed E-state index contributed by atoms with van der Waals surface area (Å²) in [5.41, 5.74) is -0.832. The van der Waals surface area contributed by atoms with Gasteiger partial charge >= 0.3 is 5.97 Å². The highest BCUT2D eigenvalue weighted by Gasteiger charge is 2.31. The maximum absolute atomic E-state index is 14.1. The van der Waals surface area contributed by atoms with Crippen molar-refractivity contribution in [2.24, 2.45) is 0 Å². The number of esters is 1. The molecular weight excluding hydrogens is 450 g/mol. The molecule has 3 aromatic carbocycles. The molecule has 0 unspecified atom stereocenters. The average Bonchev–Trinajstić information content (AvgIpc) is 2.83. The van der Waals surface area contributed by atoms with Gasteiger partial charge in [-0.25, -0.2) is 8.78 Å². The summed E-state index contributed by atoms with van der Waals surface area (Å²) < 4.78 is 38.3. The van der Waals surface area contributed by atoms with Crippen LogP contribution in [0.5, 0.6) is 17.2 Å². The van der Waals surface area contributed by atoms with Crippen molar-refractivity contribution in [3.05, 3.63) is 87.6 Å². The molecule has 0 fully saturated rings. The zero-order valence-corrected chi connectivity index (χ0v) is 17.7. The summed E-state index contributed by atoms with van der Waals surface area (Å²) >= 11 is 0. The fourth-order valence-electron chi connectivity index (χ4n) is 3.81. The van der Waals surface area contributed by atoms with E-state index in [1.807, 2.05) is 0 Å². The molecule has 0 saturated carbocycles. The molecule has 4 aromatic rings. The van der Waals surface area contributed by atoms with E-state index in [-0.39, 0.29) is 22.5 Å². The van der Waals surface area contributed by atoms with Crippen LogP contribution in [0.15, 0.2) is 63.8 Å². The zero-order chi connectivity index (χ0) is 24.6. The first kappa shape index (κ1) is 22.8. The van der Waals surface area contributed by atoms with Crippen molar-refractivity contribution in [3.8, 4) is 28.6 Å². The Morgan fingerprint density at radius 1 is 0.971 bits per heavy atom. The Bertz CT molecular complexity index is 1460. The van der Waals surface area contributed by atoms with E-state index in [2.05, 4.69) is 0 Å². The number of aromatic hydroxyl groups is 3. The van der Waals surface area contributed by atoms with Crippen molar-refractivity contribution in [1.82, 2.24) is 0 Å². The van der Waals surface area contributed by atoms with Crippen LogP contribution in [0.2, 0.25) is 0 Å². The van der Waals surface area contributed by atoms with E-state index in [9.17, 15) is 33.7 Å². The maximum atomic E-state index is 14.1. The van der Waals surface area contributed by atoms with E-state index in [1.54, 1.807) is 30.3 Å². The second kappa shape index (κ2) is 8.86. The molecule has 1 heterocycles. The van der Waals surface area contributed by atoms with E-state index >= 15 is 0 Å². The lowest BCUT2D eigenvalue weighted by Crippen LogP contribution is -2.13. The molecule has 0 radical (unpaired) electrons. The van der Waals surface area contributed by atoms with Crippen molar-refractivity contribution < 1.29 is 38.0 Å². The van der Waals surface area contributed by atoms with Crippen LogP contribution >= 0.6 is 0 Å². The predicted molar refractivity (Wildman–Crippen MR) is 118 cm³/mol. The number of phenolic OH excluding ortho intramolecular Hbond substituents is 3. The first-order chi connectivity index (χ1) is 16.2. The Hall–Kier alpha value is -4.40. The first-order valence-corrected chi connectivity index (χ1v) is 10.0. The molecule has 3 N–H and O–H groups in total. The Balaban J connectivity index is 2.10. The standard InChI is InChI=1S/C25H18F2O7/c1-33-19(29)10-14(13-7-8-15(26)16(27)9-13)20-22(30)24(32)23(31)21-17(28)11-18(34-25(20)21)12-5-3-2-4-6-12/h2-9,11,14,30-32H,10H2,1H3/t14-/m1/s1. The van der Waals surface area contributed by atoms with E-state index in [4.69, 9.17) is 9.15 Å². The quantitative estimate of drug-likeness (QED) is 0.291. The van der Waals surface area contributed by atoms with Crippen molar-refractivity contribution in [1.29, 1.82) is 0 Å². The highest BCUT2D eigenvalue weighted by molar-refractivity contribution is 5.93. The summed E-state index contributed by atoms with van der Waals surface area (Å²) in [6.45, 7) is 0. The number of hydrogen-bond acceptors (Lipinski definition) is 7. The van der Waals surface area contributed by atoms with Gasteiger partial charge in [0.1, 0.15) is 16.7 Å². The number of fused-ring (bicyclic) bond motifs is 1. The average molecular weight is 468 g/mol. The van der Waals surface area contributed by atoms with Gasteiger partial charge in [-0.3, -0.25) is 9.59 Å². The van der Waals surface area contributed by atoms with Crippen LogP contribution in [-0.2, 0) is 9.53 Å². The summed E-state index contributed by atoms with van der Waals surface area (Å²) in [5, 5.41) is 31.1. The Labute approximate surface area is 191 Å². The van der Waals surface area contributed by atoms with Gasteiger partial charge in [0, 0.05) is 23.1 Å². The van der Waals surface area contributed by atoms with Gasteiger partial charge in [0.2, 0.25) is 5.75 Å². The smallest absolute Gasteiger partial charge is 0.306 e. The van der Waals surface area contributed by atoms with E-state index < -0.39 is 58.0 Å². The second-order valence-corrected chi connectivity index (χ2v) is 7.51. The molecule has 0 amide bonds.